The lowest BCUT2D eigenvalue weighted by Gasteiger charge is -2.25. The molecular weight excluding hydrogens is 318 g/mol. The molecule has 0 saturated carbocycles. The minimum atomic E-state index is -2.05. The summed E-state index contributed by atoms with van der Waals surface area (Å²) < 4.78 is 0. The fourth-order valence-corrected chi connectivity index (χ4v) is 3.18. The Hall–Kier alpha value is -0.220. The van der Waals surface area contributed by atoms with Crippen LogP contribution in [0.2, 0.25) is 10.0 Å². The van der Waals surface area contributed by atoms with Gasteiger partial charge in [-0.1, -0.05) is 52.5 Å². The van der Waals surface area contributed by atoms with Crippen LogP contribution in [-0.4, -0.2) is 16.0 Å². The normalized spacial score (nSPS) is 18.9. The average molecular weight is 326 g/mol. The fraction of sp³-hybridized carbons (Fsp3) is 0.167. The second-order valence-electron chi connectivity index (χ2n) is 3.92. The van der Waals surface area contributed by atoms with Gasteiger partial charge in [-0.05, 0) is 18.2 Å². The highest BCUT2D eigenvalue weighted by molar-refractivity contribution is 6.46. The monoisotopic (exact) mass is 324 g/mol. The molecular formula is C12H8Cl4O2. The molecule has 2 N–H and O–H groups in total. The zero-order valence-electron chi connectivity index (χ0n) is 8.92. The summed E-state index contributed by atoms with van der Waals surface area (Å²) in [5.74, 6) is -2.05. The minimum Gasteiger partial charge on any atom is -0.362 e. The van der Waals surface area contributed by atoms with Gasteiger partial charge in [0.2, 0.25) is 0 Å². The van der Waals surface area contributed by atoms with Crippen molar-refractivity contribution in [3.05, 3.63) is 49.9 Å². The zero-order chi connectivity index (χ0) is 13.5. The van der Waals surface area contributed by atoms with E-state index in [1.165, 1.54) is 0 Å². The van der Waals surface area contributed by atoms with Gasteiger partial charge in [-0.15, -0.1) is 0 Å². The van der Waals surface area contributed by atoms with E-state index in [1.807, 2.05) is 0 Å². The van der Waals surface area contributed by atoms with Crippen molar-refractivity contribution in [2.75, 3.05) is 0 Å². The van der Waals surface area contributed by atoms with Gasteiger partial charge in [0, 0.05) is 32.6 Å². The Balaban J connectivity index is 2.62. The van der Waals surface area contributed by atoms with Crippen LogP contribution < -0.4 is 0 Å². The molecule has 0 aliphatic heterocycles. The number of benzene rings is 1. The van der Waals surface area contributed by atoms with E-state index in [9.17, 15) is 10.2 Å². The lowest BCUT2D eigenvalue weighted by Crippen LogP contribution is -2.28. The first-order valence-electron chi connectivity index (χ1n) is 4.98. The van der Waals surface area contributed by atoms with Gasteiger partial charge in [-0.3, -0.25) is 0 Å². The van der Waals surface area contributed by atoms with E-state index >= 15 is 0 Å². The molecule has 0 fully saturated rings. The number of hydrogen-bond donors (Lipinski definition) is 2. The maximum atomic E-state index is 9.53. The molecule has 0 saturated heterocycles. The molecule has 0 unspecified atom stereocenters. The summed E-state index contributed by atoms with van der Waals surface area (Å²) in [6.07, 6.45) is 0.942. The third-order valence-corrected chi connectivity index (χ3v) is 3.75. The van der Waals surface area contributed by atoms with Crippen LogP contribution in [0.5, 0.6) is 0 Å². The molecule has 2 nitrogen and oxygen atoms in total. The molecule has 18 heavy (non-hydrogen) atoms. The number of aliphatic hydroxyl groups is 2. The molecule has 2 rings (SSSR count). The third-order valence-electron chi connectivity index (χ3n) is 2.50. The molecule has 96 valence electrons. The maximum absolute atomic E-state index is 9.53. The SMILES string of the molecule is OC1(O)C=C(Cl)C(c2c(Cl)cccc2Cl)=C(Cl)C1. The standard InChI is InChI=1S/C12H8Cl4O2/c13-6-2-1-3-7(14)10(6)11-8(15)4-12(17,18)5-9(11)16/h1-4,17-18H,5H2. The highest BCUT2D eigenvalue weighted by Crippen LogP contribution is 2.44. The predicted molar refractivity (Wildman–Crippen MR) is 75.0 cm³/mol. The summed E-state index contributed by atoms with van der Waals surface area (Å²) in [7, 11) is 0. The highest BCUT2D eigenvalue weighted by atomic mass is 35.5. The Morgan fingerprint density at radius 1 is 1.00 bits per heavy atom. The molecule has 1 aromatic rings. The van der Waals surface area contributed by atoms with Gasteiger partial charge in [-0.2, -0.15) is 0 Å². The maximum Gasteiger partial charge on any atom is 0.189 e. The Morgan fingerprint density at radius 2 is 1.56 bits per heavy atom. The lowest BCUT2D eigenvalue weighted by atomic mass is 9.96. The van der Waals surface area contributed by atoms with Crippen LogP contribution in [-0.2, 0) is 0 Å². The average Bonchev–Trinajstić information content (AvgIpc) is 2.19. The van der Waals surface area contributed by atoms with Crippen molar-refractivity contribution in [3.8, 4) is 0 Å². The van der Waals surface area contributed by atoms with Crippen molar-refractivity contribution in [1.29, 1.82) is 0 Å². The Morgan fingerprint density at radius 3 is 2.06 bits per heavy atom. The molecule has 0 radical (unpaired) electrons. The predicted octanol–water partition coefficient (Wildman–Crippen LogP) is 4.15. The summed E-state index contributed by atoms with van der Waals surface area (Å²) in [5, 5.41) is 20.1. The molecule has 6 heteroatoms. The summed E-state index contributed by atoms with van der Waals surface area (Å²) >= 11 is 24.2. The van der Waals surface area contributed by atoms with Gasteiger partial charge in [-0.25, -0.2) is 0 Å². The number of allylic oxidation sites excluding steroid dienone is 2. The van der Waals surface area contributed by atoms with E-state index in [0.29, 0.717) is 21.2 Å². The molecule has 0 spiro atoms. The van der Waals surface area contributed by atoms with E-state index < -0.39 is 5.79 Å². The number of halogens is 4. The van der Waals surface area contributed by atoms with Crippen molar-refractivity contribution in [3.63, 3.8) is 0 Å². The molecule has 0 aromatic heterocycles. The van der Waals surface area contributed by atoms with Crippen LogP contribution in [0.1, 0.15) is 12.0 Å². The van der Waals surface area contributed by atoms with Crippen molar-refractivity contribution in [2.24, 2.45) is 0 Å². The van der Waals surface area contributed by atoms with Crippen LogP contribution in [0.4, 0.5) is 0 Å². The number of hydrogen-bond acceptors (Lipinski definition) is 2. The van der Waals surface area contributed by atoms with Crippen LogP contribution in [0.15, 0.2) is 34.3 Å². The fourth-order valence-electron chi connectivity index (χ4n) is 1.76. The van der Waals surface area contributed by atoms with Crippen molar-refractivity contribution in [2.45, 2.75) is 12.2 Å². The molecule has 0 bridgehead atoms. The first kappa shape index (κ1) is 14.2. The van der Waals surface area contributed by atoms with E-state index in [4.69, 9.17) is 46.4 Å². The first-order chi connectivity index (χ1) is 8.32. The van der Waals surface area contributed by atoms with Crippen LogP contribution >= 0.6 is 46.4 Å². The Kier molecular flexibility index (Phi) is 3.98. The quantitative estimate of drug-likeness (QED) is 0.761. The van der Waals surface area contributed by atoms with E-state index in [2.05, 4.69) is 0 Å². The number of rotatable bonds is 1. The van der Waals surface area contributed by atoms with E-state index in [1.54, 1.807) is 18.2 Å². The molecule has 1 aromatic carbocycles. The Labute approximate surface area is 124 Å². The zero-order valence-corrected chi connectivity index (χ0v) is 11.9. The van der Waals surface area contributed by atoms with Crippen molar-refractivity contribution in [1.82, 2.24) is 0 Å². The van der Waals surface area contributed by atoms with Gasteiger partial charge >= 0.3 is 0 Å². The van der Waals surface area contributed by atoms with Gasteiger partial charge in [0.1, 0.15) is 0 Å². The lowest BCUT2D eigenvalue weighted by molar-refractivity contribution is -0.115. The van der Waals surface area contributed by atoms with Crippen LogP contribution in [0.25, 0.3) is 5.57 Å². The first-order valence-corrected chi connectivity index (χ1v) is 6.49. The molecule has 0 amide bonds. The molecule has 0 heterocycles. The smallest absolute Gasteiger partial charge is 0.189 e. The Bertz CT molecular complexity index is 541. The van der Waals surface area contributed by atoms with Crippen molar-refractivity contribution < 1.29 is 10.2 Å². The largest absolute Gasteiger partial charge is 0.362 e. The van der Waals surface area contributed by atoms with Gasteiger partial charge in [0.15, 0.2) is 5.79 Å². The summed E-state index contributed by atoms with van der Waals surface area (Å²) in [4.78, 5) is 0. The molecule has 0 atom stereocenters. The summed E-state index contributed by atoms with van der Waals surface area (Å²) in [6.45, 7) is 0. The topological polar surface area (TPSA) is 40.5 Å². The third kappa shape index (κ3) is 2.69. The molecule has 1 aliphatic rings. The van der Waals surface area contributed by atoms with Crippen LogP contribution in [0, 0.1) is 0 Å². The van der Waals surface area contributed by atoms with E-state index in [0.717, 1.165) is 6.08 Å². The summed E-state index contributed by atoms with van der Waals surface area (Å²) in [6, 6.07) is 5.01. The highest BCUT2D eigenvalue weighted by Gasteiger charge is 2.31. The van der Waals surface area contributed by atoms with E-state index in [-0.39, 0.29) is 16.5 Å². The summed E-state index contributed by atoms with van der Waals surface area (Å²) in [5.41, 5.74) is 0.912. The second kappa shape index (κ2) is 5.04. The van der Waals surface area contributed by atoms with Crippen molar-refractivity contribution >= 4 is 52.0 Å². The minimum absolute atomic E-state index is 0.103. The second-order valence-corrected chi connectivity index (χ2v) is 5.60. The van der Waals surface area contributed by atoms with Crippen LogP contribution in [0.3, 0.4) is 0 Å². The van der Waals surface area contributed by atoms with Gasteiger partial charge in [0.25, 0.3) is 0 Å². The molecule has 1 aliphatic carbocycles. The van der Waals surface area contributed by atoms with Gasteiger partial charge < -0.3 is 10.2 Å². The van der Waals surface area contributed by atoms with Gasteiger partial charge in [0.05, 0.1) is 5.03 Å².